The number of benzene rings is 2. The summed E-state index contributed by atoms with van der Waals surface area (Å²) in [4.78, 5) is 12.4. The van der Waals surface area contributed by atoms with Gasteiger partial charge in [0.2, 0.25) is 5.16 Å². The fraction of sp³-hybridized carbons (Fsp3) is 0.200. The molecule has 0 fully saturated rings. The van der Waals surface area contributed by atoms with Gasteiger partial charge in [0, 0.05) is 12.0 Å². The molecule has 1 N–H and O–H groups in total. The molecule has 1 heterocycles. The molecule has 1 aromatic heterocycles. The molecule has 3 rings (SSSR count). The summed E-state index contributed by atoms with van der Waals surface area (Å²) in [5, 5.41) is 21.8. The van der Waals surface area contributed by atoms with Crippen LogP contribution in [0.2, 0.25) is 0 Å². The first kappa shape index (κ1) is 18.8. The molecule has 0 aliphatic carbocycles. The fourth-order valence-electron chi connectivity index (χ4n) is 2.59. The summed E-state index contributed by atoms with van der Waals surface area (Å²) in [6, 6.07) is 13.2. The Labute approximate surface area is 161 Å². The molecule has 2 aromatic carbocycles. The van der Waals surface area contributed by atoms with Gasteiger partial charge in [0.15, 0.2) is 0 Å². The molecule has 0 saturated heterocycles. The Morgan fingerprint density at radius 2 is 2.00 bits per heavy atom. The molecule has 0 saturated carbocycles. The maximum atomic E-state index is 12.4. The molecular weight excluding hydrogens is 360 g/mol. The maximum absolute atomic E-state index is 12.4. The Morgan fingerprint density at radius 3 is 2.74 bits per heavy atom. The van der Waals surface area contributed by atoms with Crippen LogP contribution in [0.4, 0.5) is 0 Å². The van der Waals surface area contributed by atoms with E-state index in [1.165, 1.54) is 22.9 Å². The Kier molecular flexibility index (Phi) is 5.71. The van der Waals surface area contributed by atoms with Crippen molar-refractivity contribution < 1.29 is 9.90 Å². The van der Waals surface area contributed by atoms with Crippen LogP contribution in [-0.4, -0.2) is 36.8 Å². The highest BCUT2D eigenvalue weighted by Gasteiger charge is 2.13. The zero-order chi connectivity index (χ0) is 19.4. The van der Waals surface area contributed by atoms with E-state index in [0.29, 0.717) is 22.8 Å². The van der Waals surface area contributed by atoms with E-state index < -0.39 is 0 Å². The lowest BCUT2D eigenvalue weighted by Gasteiger charge is -2.07. The summed E-state index contributed by atoms with van der Waals surface area (Å²) in [5.41, 5.74) is 4.69. The van der Waals surface area contributed by atoms with Crippen LogP contribution in [0.15, 0.2) is 54.2 Å². The van der Waals surface area contributed by atoms with Crippen molar-refractivity contribution in [3.05, 3.63) is 71.3 Å². The summed E-state index contributed by atoms with van der Waals surface area (Å²) in [7, 11) is 0. The van der Waals surface area contributed by atoms with Gasteiger partial charge in [0.1, 0.15) is 11.5 Å². The average molecular weight is 380 g/mol. The van der Waals surface area contributed by atoms with Crippen molar-refractivity contribution in [3.63, 3.8) is 0 Å². The Morgan fingerprint density at radius 1 is 1.19 bits per heavy atom. The molecule has 0 atom stereocenters. The van der Waals surface area contributed by atoms with Crippen molar-refractivity contribution in [2.24, 2.45) is 0 Å². The molecule has 0 spiro atoms. The standard InChI is InChI=1S/C20H20N4O2S/c1-13-7-8-16(9-14(13)2)10-19(26)12-27-20-21-22-23-24(20)18-6-4-5-17(11-18)15(3)25/h4-9,11,25H,3,10,12H2,1-2H3. The quantitative estimate of drug-likeness (QED) is 0.497. The highest BCUT2D eigenvalue weighted by molar-refractivity contribution is 7.99. The third kappa shape index (κ3) is 4.62. The van der Waals surface area contributed by atoms with Gasteiger partial charge in [-0.1, -0.05) is 48.7 Å². The van der Waals surface area contributed by atoms with E-state index in [2.05, 4.69) is 35.1 Å². The van der Waals surface area contributed by atoms with Gasteiger partial charge in [-0.15, -0.1) is 5.10 Å². The zero-order valence-corrected chi connectivity index (χ0v) is 16.0. The van der Waals surface area contributed by atoms with E-state index in [1.807, 2.05) is 25.1 Å². The predicted molar refractivity (Wildman–Crippen MR) is 106 cm³/mol. The lowest BCUT2D eigenvalue weighted by atomic mass is 10.0. The largest absolute Gasteiger partial charge is 0.508 e. The first-order valence-electron chi connectivity index (χ1n) is 8.41. The van der Waals surface area contributed by atoms with Gasteiger partial charge in [0.05, 0.1) is 11.4 Å². The molecule has 0 amide bonds. The topological polar surface area (TPSA) is 80.9 Å². The minimum Gasteiger partial charge on any atom is -0.508 e. The van der Waals surface area contributed by atoms with Crippen LogP contribution in [0, 0.1) is 13.8 Å². The van der Waals surface area contributed by atoms with Crippen molar-refractivity contribution in [2.75, 3.05) is 5.75 Å². The number of tetrazole rings is 1. The van der Waals surface area contributed by atoms with E-state index in [4.69, 9.17) is 0 Å². The average Bonchev–Trinajstić information content (AvgIpc) is 3.12. The van der Waals surface area contributed by atoms with E-state index in [-0.39, 0.29) is 17.3 Å². The molecule has 0 radical (unpaired) electrons. The molecule has 0 aliphatic heterocycles. The normalized spacial score (nSPS) is 10.7. The SMILES string of the molecule is C=C(O)c1cccc(-n2nnnc2SCC(=O)Cc2ccc(C)c(C)c2)c1. The number of hydrogen-bond acceptors (Lipinski definition) is 6. The third-order valence-corrected chi connectivity index (χ3v) is 5.18. The van der Waals surface area contributed by atoms with Gasteiger partial charge < -0.3 is 5.11 Å². The lowest BCUT2D eigenvalue weighted by Crippen LogP contribution is -2.08. The number of aromatic nitrogens is 4. The second-order valence-electron chi connectivity index (χ2n) is 6.29. The van der Waals surface area contributed by atoms with Crippen molar-refractivity contribution >= 4 is 23.3 Å². The van der Waals surface area contributed by atoms with Crippen LogP contribution in [0.5, 0.6) is 0 Å². The van der Waals surface area contributed by atoms with E-state index in [9.17, 15) is 9.90 Å². The van der Waals surface area contributed by atoms with Gasteiger partial charge in [-0.05, 0) is 53.1 Å². The molecule has 27 heavy (non-hydrogen) atoms. The number of carbonyl (C=O) groups is 1. The van der Waals surface area contributed by atoms with Crippen molar-refractivity contribution in [1.82, 2.24) is 20.2 Å². The third-order valence-electron chi connectivity index (χ3n) is 4.20. The van der Waals surface area contributed by atoms with Crippen molar-refractivity contribution in [1.29, 1.82) is 0 Å². The number of aryl methyl sites for hydroxylation is 2. The summed E-state index contributed by atoms with van der Waals surface area (Å²) in [5.74, 6) is 0.359. The van der Waals surface area contributed by atoms with Crippen LogP contribution in [0.25, 0.3) is 11.4 Å². The number of aliphatic hydroxyl groups excluding tert-OH is 1. The van der Waals surface area contributed by atoms with Crippen LogP contribution in [0.1, 0.15) is 22.3 Å². The van der Waals surface area contributed by atoms with Crippen LogP contribution >= 0.6 is 11.8 Å². The summed E-state index contributed by atoms with van der Waals surface area (Å²) < 4.78 is 1.54. The van der Waals surface area contributed by atoms with Gasteiger partial charge in [-0.25, -0.2) is 0 Å². The Balaban J connectivity index is 1.68. The molecular formula is C20H20N4O2S. The summed E-state index contributed by atoms with van der Waals surface area (Å²) in [6.45, 7) is 7.62. The Bertz CT molecular complexity index is 997. The molecule has 3 aromatic rings. The molecule has 138 valence electrons. The molecule has 6 nitrogen and oxygen atoms in total. The fourth-order valence-corrected chi connectivity index (χ4v) is 3.34. The van der Waals surface area contributed by atoms with Gasteiger partial charge >= 0.3 is 0 Å². The second kappa shape index (κ2) is 8.18. The van der Waals surface area contributed by atoms with Crippen molar-refractivity contribution in [3.8, 4) is 5.69 Å². The van der Waals surface area contributed by atoms with Crippen LogP contribution < -0.4 is 0 Å². The summed E-state index contributed by atoms with van der Waals surface area (Å²) >= 11 is 1.29. The number of hydrogen-bond donors (Lipinski definition) is 1. The van der Waals surface area contributed by atoms with Crippen LogP contribution in [-0.2, 0) is 11.2 Å². The number of Topliss-reactive ketones (excluding diaryl/α,β-unsaturated/α-hetero) is 1. The predicted octanol–water partition coefficient (Wildman–Crippen LogP) is 3.71. The number of nitrogens with zero attached hydrogens (tertiary/aromatic N) is 4. The minimum atomic E-state index is -0.0253. The van der Waals surface area contributed by atoms with Gasteiger partial charge in [-0.2, -0.15) is 4.68 Å². The summed E-state index contributed by atoms with van der Waals surface area (Å²) in [6.07, 6.45) is 0.384. The first-order chi connectivity index (χ1) is 12.9. The molecule has 0 aliphatic rings. The number of ketones is 1. The first-order valence-corrected chi connectivity index (χ1v) is 9.40. The van der Waals surface area contributed by atoms with Gasteiger partial charge in [-0.3, -0.25) is 4.79 Å². The highest BCUT2D eigenvalue weighted by Crippen LogP contribution is 2.21. The number of thioether (sulfide) groups is 1. The smallest absolute Gasteiger partial charge is 0.214 e. The second-order valence-corrected chi connectivity index (χ2v) is 7.24. The number of carbonyl (C=O) groups excluding carboxylic acids is 1. The number of aliphatic hydroxyl groups is 1. The van der Waals surface area contributed by atoms with Crippen molar-refractivity contribution in [2.45, 2.75) is 25.4 Å². The molecule has 0 unspecified atom stereocenters. The van der Waals surface area contributed by atoms with E-state index >= 15 is 0 Å². The minimum absolute atomic E-state index is 0.0253. The zero-order valence-electron chi connectivity index (χ0n) is 15.2. The van der Waals surface area contributed by atoms with Crippen LogP contribution in [0.3, 0.4) is 0 Å². The number of rotatable bonds is 7. The van der Waals surface area contributed by atoms with E-state index in [1.54, 1.807) is 22.9 Å². The Hall–Kier alpha value is -2.93. The van der Waals surface area contributed by atoms with Gasteiger partial charge in [0.25, 0.3) is 0 Å². The maximum Gasteiger partial charge on any atom is 0.214 e. The van der Waals surface area contributed by atoms with E-state index in [0.717, 1.165) is 5.56 Å². The monoisotopic (exact) mass is 380 g/mol. The molecule has 7 heteroatoms. The highest BCUT2D eigenvalue weighted by atomic mass is 32.2. The lowest BCUT2D eigenvalue weighted by molar-refractivity contribution is -0.116. The molecule has 0 bridgehead atoms.